The van der Waals surface area contributed by atoms with E-state index in [1.54, 1.807) is 6.07 Å². The molecule has 0 radical (unpaired) electrons. The molecule has 1 saturated carbocycles. The van der Waals surface area contributed by atoms with Crippen LogP contribution in [0.15, 0.2) is 22.7 Å². The van der Waals surface area contributed by atoms with Crippen LogP contribution in [0.5, 0.6) is 0 Å². The van der Waals surface area contributed by atoms with Crippen LogP contribution in [-0.2, 0) is 4.79 Å². The fourth-order valence-electron chi connectivity index (χ4n) is 2.51. The largest absolute Gasteiger partial charge is 0.478 e. The molecule has 108 valence electrons. The Morgan fingerprint density at radius 2 is 1.90 bits per heavy atom. The first-order valence-corrected chi connectivity index (χ1v) is 7.60. The minimum absolute atomic E-state index is 0.0284. The lowest BCUT2D eigenvalue weighted by Crippen LogP contribution is -2.26. The summed E-state index contributed by atoms with van der Waals surface area (Å²) in [5, 5.41) is 11.8. The molecule has 20 heavy (non-hydrogen) atoms. The molecular weight excluding hydrogens is 322 g/mol. The summed E-state index contributed by atoms with van der Waals surface area (Å²) in [6.07, 6.45) is 4.05. The molecule has 1 aromatic rings. The van der Waals surface area contributed by atoms with Gasteiger partial charge in [-0.3, -0.25) is 4.79 Å². The van der Waals surface area contributed by atoms with E-state index in [0.29, 0.717) is 16.1 Å². The average Bonchev–Trinajstić information content (AvgIpc) is 2.41. The summed E-state index contributed by atoms with van der Waals surface area (Å²) in [6, 6.07) is 4.61. The van der Waals surface area contributed by atoms with Gasteiger partial charge >= 0.3 is 5.97 Å². The van der Waals surface area contributed by atoms with Crippen LogP contribution in [-0.4, -0.2) is 17.0 Å². The number of hydrogen-bond donors (Lipinski definition) is 2. The van der Waals surface area contributed by atoms with Gasteiger partial charge in [0.2, 0.25) is 5.91 Å². The first kappa shape index (κ1) is 15.0. The van der Waals surface area contributed by atoms with Gasteiger partial charge in [0, 0.05) is 10.4 Å². The molecule has 1 aromatic carbocycles. The van der Waals surface area contributed by atoms with Gasteiger partial charge in [0.1, 0.15) is 0 Å². The first-order valence-electron chi connectivity index (χ1n) is 6.81. The van der Waals surface area contributed by atoms with Crippen LogP contribution in [0, 0.1) is 11.8 Å². The van der Waals surface area contributed by atoms with E-state index in [-0.39, 0.29) is 17.4 Å². The predicted octanol–water partition coefficient (Wildman–Crippen LogP) is 3.91. The number of aromatic carboxylic acids is 1. The monoisotopic (exact) mass is 339 g/mol. The number of carboxylic acids is 1. The standard InChI is InChI=1S/C15H18BrNO3/c1-9-2-4-10(5-3-9)14(18)17-13-7-6-11(15(19)20)8-12(13)16/h6-10H,2-5H2,1H3,(H,17,18)(H,19,20). The minimum Gasteiger partial charge on any atom is -0.478 e. The molecule has 0 heterocycles. The van der Waals surface area contributed by atoms with Crippen LogP contribution in [0.3, 0.4) is 0 Å². The Labute approximate surface area is 126 Å². The third-order valence-electron chi connectivity index (χ3n) is 3.86. The van der Waals surface area contributed by atoms with Crippen molar-refractivity contribution >= 4 is 33.5 Å². The van der Waals surface area contributed by atoms with Crippen molar-refractivity contribution in [1.29, 1.82) is 0 Å². The number of hydrogen-bond acceptors (Lipinski definition) is 2. The highest BCUT2D eigenvalue weighted by molar-refractivity contribution is 9.10. The molecule has 2 rings (SSSR count). The Morgan fingerprint density at radius 3 is 2.45 bits per heavy atom. The molecule has 1 amide bonds. The lowest BCUT2D eigenvalue weighted by molar-refractivity contribution is -0.121. The van der Waals surface area contributed by atoms with Crippen molar-refractivity contribution in [2.45, 2.75) is 32.6 Å². The van der Waals surface area contributed by atoms with Gasteiger partial charge in [-0.2, -0.15) is 0 Å². The number of carbonyl (C=O) groups excluding carboxylic acids is 1. The Balaban J connectivity index is 2.02. The van der Waals surface area contributed by atoms with Gasteiger partial charge in [0.25, 0.3) is 0 Å². The zero-order valence-electron chi connectivity index (χ0n) is 11.4. The van der Waals surface area contributed by atoms with Gasteiger partial charge < -0.3 is 10.4 Å². The van der Waals surface area contributed by atoms with E-state index in [9.17, 15) is 9.59 Å². The van der Waals surface area contributed by atoms with Crippen LogP contribution in [0.4, 0.5) is 5.69 Å². The molecule has 0 bridgehead atoms. The molecule has 4 nitrogen and oxygen atoms in total. The Hall–Kier alpha value is -1.36. The molecule has 1 aliphatic carbocycles. The third-order valence-corrected chi connectivity index (χ3v) is 4.52. The van der Waals surface area contributed by atoms with Gasteiger partial charge in [-0.05, 0) is 65.7 Å². The van der Waals surface area contributed by atoms with E-state index in [2.05, 4.69) is 28.2 Å². The number of anilines is 1. The zero-order chi connectivity index (χ0) is 14.7. The van der Waals surface area contributed by atoms with Gasteiger partial charge in [0.05, 0.1) is 11.3 Å². The van der Waals surface area contributed by atoms with Crippen LogP contribution in [0.25, 0.3) is 0 Å². The van der Waals surface area contributed by atoms with Gasteiger partial charge in [0.15, 0.2) is 0 Å². The van der Waals surface area contributed by atoms with E-state index in [1.807, 2.05) is 0 Å². The van der Waals surface area contributed by atoms with Crippen LogP contribution >= 0.6 is 15.9 Å². The number of benzene rings is 1. The summed E-state index contributed by atoms with van der Waals surface area (Å²) in [4.78, 5) is 23.1. The van der Waals surface area contributed by atoms with Crippen molar-refractivity contribution in [1.82, 2.24) is 0 Å². The number of nitrogens with one attached hydrogen (secondary N) is 1. The second-order valence-corrected chi connectivity index (χ2v) is 6.30. The summed E-state index contributed by atoms with van der Waals surface area (Å²) < 4.78 is 0.593. The van der Waals surface area contributed by atoms with E-state index < -0.39 is 5.97 Å². The smallest absolute Gasteiger partial charge is 0.335 e. The highest BCUT2D eigenvalue weighted by Crippen LogP contribution is 2.30. The number of amides is 1. The SMILES string of the molecule is CC1CCC(C(=O)Nc2ccc(C(=O)O)cc2Br)CC1. The number of rotatable bonds is 3. The minimum atomic E-state index is -0.982. The quantitative estimate of drug-likeness (QED) is 0.877. The lowest BCUT2D eigenvalue weighted by Gasteiger charge is -2.25. The van der Waals surface area contributed by atoms with Gasteiger partial charge in [-0.1, -0.05) is 6.92 Å². The lowest BCUT2D eigenvalue weighted by atomic mass is 9.82. The van der Waals surface area contributed by atoms with Crippen molar-refractivity contribution in [3.05, 3.63) is 28.2 Å². The highest BCUT2D eigenvalue weighted by atomic mass is 79.9. The molecule has 0 aromatic heterocycles. The predicted molar refractivity (Wildman–Crippen MR) is 80.9 cm³/mol. The van der Waals surface area contributed by atoms with Crippen LogP contribution in [0.1, 0.15) is 43.0 Å². The summed E-state index contributed by atoms with van der Waals surface area (Å²) in [6.45, 7) is 2.22. The van der Waals surface area contributed by atoms with Crippen molar-refractivity contribution in [3.63, 3.8) is 0 Å². The van der Waals surface area contributed by atoms with Crippen molar-refractivity contribution in [2.75, 3.05) is 5.32 Å². The molecule has 0 unspecified atom stereocenters. The summed E-state index contributed by atoms with van der Waals surface area (Å²) in [5.74, 6) is -0.177. The average molecular weight is 340 g/mol. The molecule has 0 spiro atoms. The topological polar surface area (TPSA) is 66.4 Å². The molecule has 0 atom stereocenters. The maximum Gasteiger partial charge on any atom is 0.335 e. The normalized spacial score (nSPS) is 22.3. The molecule has 2 N–H and O–H groups in total. The third kappa shape index (κ3) is 3.60. The molecule has 0 aliphatic heterocycles. The molecular formula is C15H18BrNO3. The van der Waals surface area contributed by atoms with Crippen molar-refractivity contribution in [3.8, 4) is 0 Å². The van der Waals surface area contributed by atoms with Gasteiger partial charge in [-0.25, -0.2) is 4.79 Å². The fraction of sp³-hybridized carbons (Fsp3) is 0.467. The van der Waals surface area contributed by atoms with Crippen LogP contribution < -0.4 is 5.32 Å². The van der Waals surface area contributed by atoms with Crippen molar-refractivity contribution in [2.24, 2.45) is 11.8 Å². The first-order chi connectivity index (χ1) is 9.47. The maximum absolute atomic E-state index is 12.2. The molecule has 5 heteroatoms. The second kappa shape index (κ2) is 6.39. The summed E-state index contributed by atoms with van der Waals surface area (Å²) >= 11 is 3.30. The summed E-state index contributed by atoms with van der Waals surface area (Å²) in [5.41, 5.74) is 0.819. The Morgan fingerprint density at radius 1 is 1.25 bits per heavy atom. The van der Waals surface area contributed by atoms with Crippen molar-refractivity contribution < 1.29 is 14.7 Å². The Bertz CT molecular complexity index is 522. The van der Waals surface area contributed by atoms with E-state index in [4.69, 9.17) is 5.11 Å². The maximum atomic E-state index is 12.2. The van der Waals surface area contributed by atoms with E-state index >= 15 is 0 Å². The fourth-order valence-corrected chi connectivity index (χ4v) is 2.98. The second-order valence-electron chi connectivity index (χ2n) is 5.45. The number of halogens is 1. The van der Waals surface area contributed by atoms with E-state index in [1.165, 1.54) is 12.1 Å². The van der Waals surface area contributed by atoms with Gasteiger partial charge in [-0.15, -0.1) is 0 Å². The molecule has 1 aliphatic rings. The number of carbonyl (C=O) groups is 2. The molecule has 1 fully saturated rings. The number of carboxylic acid groups (broad SMARTS) is 1. The zero-order valence-corrected chi connectivity index (χ0v) is 12.9. The summed E-state index contributed by atoms with van der Waals surface area (Å²) in [7, 11) is 0. The van der Waals surface area contributed by atoms with Crippen LogP contribution in [0.2, 0.25) is 0 Å². The Kier molecular flexibility index (Phi) is 4.81. The van der Waals surface area contributed by atoms with E-state index in [0.717, 1.165) is 25.7 Å². The molecule has 0 saturated heterocycles. The highest BCUT2D eigenvalue weighted by Gasteiger charge is 2.24.